The SMILES string of the molecule is C=CCP(C1=C=CC=C1)c1c[nH]c2ccccc12. The smallest absolute Gasteiger partial charge is 0.0460 e. The average Bonchev–Trinajstić information content (AvgIpc) is 3.06. The first-order valence-corrected chi connectivity index (χ1v) is 7.51. The van der Waals surface area contributed by atoms with Crippen LogP contribution in [0.3, 0.4) is 0 Å². The Morgan fingerprint density at radius 3 is 3.00 bits per heavy atom. The van der Waals surface area contributed by atoms with Gasteiger partial charge in [0, 0.05) is 27.7 Å². The second kappa shape index (κ2) is 4.82. The quantitative estimate of drug-likeness (QED) is 0.479. The molecular formula is C16H14NP. The van der Waals surface area contributed by atoms with Crippen LogP contribution in [0.1, 0.15) is 0 Å². The third-order valence-electron chi connectivity index (χ3n) is 3.04. The normalized spacial score (nSPS) is 15.0. The number of hydrogen-bond acceptors (Lipinski definition) is 0. The standard InChI is InChI=1S/C16H14NP/c1-2-11-18(13-7-3-4-8-13)16-12-17-15-10-6-5-9-14(15)16/h2-7,9-10,12,17H,1,11H2. The highest BCUT2D eigenvalue weighted by molar-refractivity contribution is 7.70. The van der Waals surface area contributed by atoms with Crippen molar-refractivity contribution in [3.63, 3.8) is 0 Å². The maximum atomic E-state index is 3.89. The van der Waals surface area contributed by atoms with Crippen molar-refractivity contribution in [1.29, 1.82) is 0 Å². The lowest BCUT2D eigenvalue weighted by molar-refractivity contribution is 1.49. The van der Waals surface area contributed by atoms with Crippen molar-refractivity contribution < 1.29 is 0 Å². The van der Waals surface area contributed by atoms with Crippen molar-refractivity contribution >= 4 is 24.1 Å². The van der Waals surface area contributed by atoms with E-state index < -0.39 is 0 Å². The first-order chi connectivity index (χ1) is 8.90. The van der Waals surface area contributed by atoms with Gasteiger partial charge in [-0.05, 0) is 32.3 Å². The molecule has 3 rings (SSSR count). The molecule has 1 nitrogen and oxygen atoms in total. The summed E-state index contributed by atoms with van der Waals surface area (Å²) in [6.07, 6.45) is 11.4. The van der Waals surface area contributed by atoms with Gasteiger partial charge in [0.05, 0.1) is 0 Å². The molecule has 2 aromatic rings. The Morgan fingerprint density at radius 2 is 2.22 bits per heavy atom. The van der Waals surface area contributed by atoms with E-state index in [2.05, 4.69) is 59.9 Å². The molecular weight excluding hydrogens is 237 g/mol. The minimum atomic E-state index is -0.382. The molecule has 88 valence electrons. The number of aromatic amines is 1. The summed E-state index contributed by atoms with van der Waals surface area (Å²) in [5.74, 6) is 0. The van der Waals surface area contributed by atoms with E-state index in [9.17, 15) is 0 Å². The van der Waals surface area contributed by atoms with Crippen LogP contribution in [-0.4, -0.2) is 11.1 Å². The Bertz CT molecular complexity index is 684. The van der Waals surface area contributed by atoms with Gasteiger partial charge in [0.25, 0.3) is 0 Å². The van der Waals surface area contributed by atoms with E-state index in [1.807, 2.05) is 12.2 Å². The molecule has 0 bridgehead atoms. The summed E-state index contributed by atoms with van der Waals surface area (Å²) < 4.78 is 0. The molecule has 1 aromatic heterocycles. The van der Waals surface area contributed by atoms with Gasteiger partial charge in [0.1, 0.15) is 0 Å². The van der Waals surface area contributed by atoms with E-state index in [1.165, 1.54) is 21.5 Å². The largest absolute Gasteiger partial charge is 0.361 e. The first-order valence-electron chi connectivity index (χ1n) is 5.98. The van der Waals surface area contributed by atoms with Gasteiger partial charge in [-0.3, -0.25) is 0 Å². The number of H-pyrrole nitrogens is 1. The highest BCUT2D eigenvalue weighted by atomic mass is 31.1. The zero-order valence-corrected chi connectivity index (χ0v) is 11.0. The summed E-state index contributed by atoms with van der Waals surface area (Å²) in [6, 6.07) is 8.46. The molecule has 0 amide bonds. The maximum Gasteiger partial charge on any atom is 0.0460 e. The summed E-state index contributed by atoms with van der Waals surface area (Å²) >= 11 is 0. The van der Waals surface area contributed by atoms with Crippen LogP contribution in [0, 0.1) is 0 Å². The monoisotopic (exact) mass is 251 g/mol. The summed E-state index contributed by atoms with van der Waals surface area (Å²) in [5.41, 5.74) is 4.55. The van der Waals surface area contributed by atoms with Crippen LogP contribution in [-0.2, 0) is 0 Å². The van der Waals surface area contributed by atoms with E-state index in [-0.39, 0.29) is 7.92 Å². The van der Waals surface area contributed by atoms with Crippen LogP contribution in [0.25, 0.3) is 10.9 Å². The molecule has 0 radical (unpaired) electrons. The number of aromatic nitrogens is 1. The van der Waals surface area contributed by atoms with E-state index in [0.717, 1.165) is 6.16 Å². The maximum absolute atomic E-state index is 3.89. The lowest BCUT2D eigenvalue weighted by atomic mass is 10.2. The number of fused-ring (bicyclic) bond motifs is 1. The molecule has 1 N–H and O–H groups in total. The van der Waals surface area contributed by atoms with Crippen LogP contribution >= 0.6 is 7.92 Å². The van der Waals surface area contributed by atoms with E-state index >= 15 is 0 Å². The van der Waals surface area contributed by atoms with Crippen molar-refractivity contribution in [2.24, 2.45) is 0 Å². The van der Waals surface area contributed by atoms with E-state index in [4.69, 9.17) is 0 Å². The second-order valence-electron chi connectivity index (χ2n) is 4.17. The summed E-state index contributed by atoms with van der Waals surface area (Å²) in [6.45, 7) is 3.89. The number of hydrogen-bond donors (Lipinski definition) is 1. The molecule has 0 fully saturated rings. The molecule has 1 heterocycles. The minimum absolute atomic E-state index is 0.382. The fraction of sp³-hybridized carbons (Fsp3) is 0.0625. The Balaban J connectivity index is 2.12. The van der Waals surface area contributed by atoms with Gasteiger partial charge < -0.3 is 4.98 Å². The predicted molar refractivity (Wildman–Crippen MR) is 80.7 cm³/mol. The van der Waals surface area contributed by atoms with Crippen LogP contribution in [0.2, 0.25) is 0 Å². The number of allylic oxidation sites excluding steroid dienone is 4. The van der Waals surface area contributed by atoms with Gasteiger partial charge in [-0.1, -0.05) is 30.4 Å². The molecule has 1 aliphatic rings. The van der Waals surface area contributed by atoms with Crippen molar-refractivity contribution in [3.05, 3.63) is 72.4 Å². The molecule has 18 heavy (non-hydrogen) atoms. The predicted octanol–water partition coefficient (Wildman–Crippen LogP) is 4.07. The Hall–Kier alpha value is -1.81. The highest BCUT2D eigenvalue weighted by Crippen LogP contribution is 2.46. The van der Waals surface area contributed by atoms with Crippen molar-refractivity contribution in [2.75, 3.05) is 6.16 Å². The molecule has 0 saturated heterocycles. The topological polar surface area (TPSA) is 15.8 Å². The van der Waals surface area contributed by atoms with Gasteiger partial charge in [0.2, 0.25) is 0 Å². The van der Waals surface area contributed by atoms with Gasteiger partial charge in [0.15, 0.2) is 0 Å². The summed E-state index contributed by atoms with van der Waals surface area (Å²) in [4.78, 5) is 3.36. The lowest BCUT2D eigenvalue weighted by Crippen LogP contribution is -2.01. The van der Waals surface area contributed by atoms with Crippen molar-refractivity contribution in [1.82, 2.24) is 4.98 Å². The van der Waals surface area contributed by atoms with E-state index in [1.54, 1.807) is 0 Å². The zero-order valence-electron chi connectivity index (χ0n) is 10.1. The average molecular weight is 251 g/mol. The Morgan fingerprint density at radius 1 is 1.33 bits per heavy atom. The lowest BCUT2D eigenvalue weighted by Gasteiger charge is -2.14. The third-order valence-corrected chi connectivity index (χ3v) is 5.48. The fourth-order valence-corrected chi connectivity index (χ4v) is 4.34. The molecule has 0 spiro atoms. The molecule has 1 aromatic carbocycles. The number of rotatable bonds is 4. The van der Waals surface area contributed by atoms with Gasteiger partial charge in [-0.15, -0.1) is 12.3 Å². The first kappa shape index (κ1) is 11.3. The Kier molecular flexibility index (Phi) is 3.02. The number of benzene rings is 1. The molecule has 1 atom stereocenters. The minimum Gasteiger partial charge on any atom is -0.361 e. The van der Waals surface area contributed by atoms with Crippen LogP contribution in [0.4, 0.5) is 0 Å². The number of para-hydroxylation sites is 1. The molecule has 2 heteroatoms. The second-order valence-corrected chi connectivity index (χ2v) is 6.36. The van der Waals surface area contributed by atoms with Crippen molar-refractivity contribution in [3.8, 4) is 0 Å². The molecule has 0 saturated carbocycles. The fourth-order valence-electron chi connectivity index (χ4n) is 2.22. The Labute approximate surface area is 108 Å². The molecule has 1 aliphatic carbocycles. The van der Waals surface area contributed by atoms with Crippen molar-refractivity contribution in [2.45, 2.75) is 0 Å². The molecule has 0 aliphatic heterocycles. The number of nitrogens with one attached hydrogen (secondary N) is 1. The summed E-state index contributed by atoms with van der Waals surface area (Å²) in [5, 5.41) is 4.01. The van der Waals surface area contributed by atoms with Gasteiger partial charge in [-0.2, -0.15) is 0 Å². The van der Waals surface area contributed by atoms with Crippen LogP contribution in [0.5, 0.6) is 0 Å². The third kappa shape index (κ3) is 1.88. The summed E-state index contributed by atoms with van der Waals surface area (Å²) in [7, 11) is -0.382. The van der Waals surface area contributed by atoms with Crippen LogP contribution < -0.4 is 5.30 Å². The van der Waals surface area contributed by atoms with Gasteiger partial charge in [-0.25, -0.2) is 0 Å². The van der Waals surface area contributed by atoms with Crippen LogP contribution in [0.15, 0.2) is 72.4 Å². The van der Waals surface area contributed by atoms with Gasteiger partial charge >= 0.3 is 0 Å². The zero-order chi connectivity index (χ0) is 12.4. The van der Waals surface area contributed by atoms with E-state index in [0.29, 0.717) is 0 Å². The molecule has 1 unspecified atom stereocenters. The highest BCUT2D eigenvalue weighted by Gasteiger charge is 2.17.